The van der Waals surface area contributed by atoms with Gasteiger partial charge in [-0.25, -0.2) is 0 Å². The summed E-state index contributed by atoms with van der Waals surface area (Å²) in [6.07, 6.45) is 6.49. The summed E-state index contributed by atoms with van der Waals surface area (Å²) in [6, 6.07) is 27.8. The highest BCUT2D eigenvalue weighted by atomic mass is 14.9. The Morgan fingerprint density at radius 1 is 0.844 bits per heavy atom. The van der Waals surface area contributed by atoms with Crippen LogP contribution in [0.4, 0.5) is 5.69 Å². The summed E-state index contributed by atoms with van der Waals surface area (Å²) in [5, 5.41) is 3.47. The third-order valence-corrected chi connectivity index (χ3v) is 6.75. The Morgan fingerprint density at radius 2 is 1.41 bits per heavy atom. The summed E-state index contributed by atoms with van der Waals surface area (Å²) in [5.41, 5.74) is 11.7. The first-order valence-electron chi connectivity index (χ1n) is 11.1. The molecule has 32 heavy (non-hydrogen) atoms. The van der Waals surface area contributed by atoms with Crippen molar-refractivity contribution in [3.8, 4) is 11.1 Å². The lowest BCUT2D eigenvalue weighted by Crippen LogP contribution is -2.27. The Bertz CT molecular complexity index is 1290. The van der Waals surface area contributed by atoms with E-state index in [1.807, 2.05) is 24.3 Å². The fraction of sp³-hybridized carbons (Fsp3) is 0.0968. The predicted molar refractivity (Wildman–Crippen MR) is 137 cm³/mol. The van der Waals surface area contributed by atoms with Crippen molar-refractivity contribution in [3.05, 3.63) is 149 Å². The second kappa shape index (κ2) is 7.69. The molecule has 3 aromatic carbocycles. The molecule has 3 aromatic rings. The second-order valence-corrected chi connectivity index (χ2v) is 8.36. The molecule has 0 unspecified atom stereocenters. The molecule has 0 aliphatic heterocycles. The summed E-state index contributed by atoms with van der Waals surface area (Å²) in [7, 11) is 0. The van der Waals surface area contributed by atoms with Gasteiger partial charge in [-0.15, -0.1) is 0 Å². The van der Waals surface area contributed by atoms with Gasteiger partial charge in [-0.1, -0.05) is 92.0 Å². The summed E-state index contributed by atoms with van der Waals surface area (Å²) in [4.78, 5) is 0. The van der Waals surface area contributed by atoms with Crippen molar-refractivity contribution >= 4 is 5.69 Å². The molecule has 0 bridgehead atoms. The number of hydrogen-bond acceptors (Lipinski definition) is 1. The number of benzene rings is 3. The minimum absolute atomic E-state index is 0.387. The van der Waals surface area contributed by atoms with Crippen LogP contribution in [0.3, 0.4) is 0 Å². The van der Waals surface area contributed by atoms with Gasteiger partial charge in [0, 0.05) is 11.4 Å². The van der Waals surface area contributed by atoms with Crippen LogP contribution in [0.2, 0.25) is 0 Å². The molecule has 2 aliphatic rings. The lowest BCUT2D eigenvalue weighted by molar-refractivity contribution is 0.781. The molecular weight excluding hydrogens is 386 g/mol. The van der Waals surface area contributed by atoms with Gasteiger partial charge in [-0.05, 0) is 76.6 Å². The highest BCUT2D eigenvalue weighted by Gasteiger charge is 2.52. The Labute approximate surface area is 190 Å². The average molecular weight is 414 g/mol. The number of hydrogen-bond donors (Lipinski definition) is 1. The lowest BCUT2D eigenvalue weighted by Gasteiger charge is -2.32. The van der Waals surface area contributed by atoms with Gasteiger partial charge in [0.1, 0.15) is 0 Å². The molecule has 1 nitrogen and oxygen atoms in total. The normalized spacial score (nSPS) is 18.2. The second-order valence-electron chi connectivity index (χ2n) is 8.36. The van der Waals surface area contributed by atoms with E-state index < -0.39 is 0 Å². The molecule has 156 valence electrons. The fourth-order valence-corrected chi connectivity index (χ4v) is 5.57. The monoisotopic (exact) mass is 413 g/mol. The zero-order valence-corrected chi connectivity index (χ0v) is 18.7. The van der Waals surface area contributed by atoms with E-state index in [1.54, 1.807) is 0 Å². The minimum atomic E-state index is -0.387. The number of anilines is 1. The van der Waals surface area contributed by atoms with E-state index in [0.717, 1.165) is 11.4 Å². The summed E-state index contributed by atoms with van der Waals surface area (Å²) in [6.45, 7) is 13.0. The third-order valence-electron chi connectivity index (χ3n) is 6.75. The average Bonchev–Trinajstić information content (AvgIpc) is 3.24. The highest BCUT2D eigenvalue weighted by molar-refractivity contribution is 5.91. The van der Waals surface area contributed by atoms with Crippen molar-refractivity contribution in [1.82, 2.24) is 0 Å². The van der Waals surface area contributed by atoms with Crippen LogP contribution in [0.25, 0.3) is 11.1 Å². The van der Waals surface area contributed by atoms with Gasteiger partial charge in [0.25, 0.3) is 0 Å². The van der Waals surface area contributed by atoms with Crippen LogP contribution in [-0.2, 0) is 5.41 Å². The van der Waals surface area contributed by atoms with Gasteiger partial charge in [0.05, 0.1) is 5.41 Å². The molecule has 0 fully saturated rings. The van der Waals surface area contributed by atoms with Gasteiger partial charge in [0.15, 0.2) is 0 Å². The van der Waals surface area contributed by atoms with Crippen LogP contribution in [0, 0.1) is 0 Å². The molecule has 2 aliphatic carbocycles. The topological polar surface area (TPSA) is 12.0 Å². The van der Waals surface area contributed by atoms with E-state index in [2.05, 4.69) is 105 Å². The molecule has 0 atom stereocenters. The standard InChI is InChI=1S/C31H27N/c1-5-24-22(4)27(6-2)31(30(24)20-21(3)32-23-14-8-7-9-15-23)28-18-12-10-16-25(28)26-17-11-13-19-29(26)31/h5-20,32H,2-3H2,1,4H3/b24-5-,30-20+. The SMILES string of the molecule is C=CC1=C(C)C(=C/C)/C(=C\C(=C)Nc2ccccc2)C12c1ccccc1-c1ccccc12. The quantitative estimate of drug-likeness (QED) is 0.457. The molecule has 0 saturated heterocycles. The molecule has 0 amide bonds. The van der Waals surface area contributed by atoms with Crippen molar-refractivity contribution in [2.45, 2.75) is 19.3 Å². The van der Waals surface area contributed by atoms with E-state index in [4.69, 9.17) is 0 Å². The number of rotatable bonds is 4. The van der Waals surface area contributed by atoms with Gasteiger partial charge in [-0.3, -0.25) is 0 Å². The van der Waals surface area contributed by atoms with E-state index >= 15 is 0 Å². The molecule has 0 saturated carbocycles. The van der Waals surface area contributed by atoms with Crippen LogP contribution >= 0.6 is 0 Å². The predicted octanol–water partition coefficient (Wildman–Crippen LogP) is 7.97. The maximum Gasteiger partial charge on any atom is 0.0722 e. The molecule has 5 rings (SSSR count). The van der Waals surface area contributed by atoms with Gasteiger partial charge in [-0.2, -0.15) is 0 Å². The maximum atomic E-state index is 4.37. The maximum absolute atomic E-state index is 4.37. The van der Waals surface area contributed by atoms with E-state index in [9.17, 15) is 0 Å². The van der Waals surface area contributed by atoms with Crippen molar-refractivity contribution in [2.24, 2.45) is 0 Å². The number of para-hydroxylation sites is 1. The molecule has 1 heteroatoms. The lowest BCUT2D eigenvalue weighted by atomic mass is 9.69. The number of allylic oxidation sites excluding steroid dienone is 7. The van der Waals surface area contributed by atoms with E-state index in [1.165, 1.54) is 44.5 Å². The van der Waals surface area contributed by atoms with E-state index in [-0.39, 0.29) is 5.41 Å². The van der Waals surface area contributed by atoms with Crippen LogP contribution < -0.4 is 5.32 Å². The first-order valence-corrected chi connectivity index (χ1v) is 11.1. The molecular formula is C31H27N. The van der Waals surface area contributed by atoms with Crippen molar-refractivity contribution in [1.29, 1.82) is 0 Å². The Kier molecular flexibility index (Phi) is 4.83. The minimum Gasteiger partial charge on any atom is -0.356 e. The van der Waals surface area contributed by atoms with Gasteiger partial charge in [0.2, 0.25) is 0 Å². The first kappa shape index (κ1) is 20.1. The van der Waals surface area contributed by atoms with E-state index in [0.29, 0.717) is 0 Å². The van der Waals surface area contributed by atoms with Crippen molar-refractivity contribution < 1.29 is 0 Å². The zero-order chi connectivity index (χ0) is 22.3. The fourth-order valence-electron chi connectivity index (χ4n) is 5.57. The molecule has 1 spiro atoms. The summed E-state index contributed by atoms with van der Waals surface area (Å²) in [5.74, 6) is 0. The van der Waals surface area contributed by atoms with Crippen LogP contribution in [0.15, 0.2) is 138 Å². The third kappa shape index (κ3) is 2.71. The van der Waals surface area contributed by atoms with Gasteiger partial charge >= 0.3 is 0 Å². The summed E-state index contributed by atoms with van der Waals surface area (Å²) < 4.78 is 0. The molecule has 0 radical (unpaired) electrons. The molecule has 0 aromatic heterocycles. The Balaban J connectivity index is 1.79. The molecule has 0 heterocycles. The molecule has 1 N–H and O–H groups in total. The van der Waals surface area contributed by atoms with Crippen molar-refractivity contribution in [3.63, 3.8) is 0 Å². The number of fused-ring (bicyclic) bond motifs is 5. The first-order chi connectivity index (χ1) is 15.6. The Morgan fingerprint density at radius 3 is 1.97 bits per heavy atom. The summed E-state index contributed by atoms with van der Waals surface area (Å²) >= 11 is 0. The number of nitrogens with one attached hydrogen (secondary N) is 1. The van der Waals surface area contributed by atoms with Crippen LogP contribution in [0.1, 0.15) is 25.0 Å². The largest absolute Gasteiger partial charge is 0.356 e. The zero-order valence-electron chi connectivity index (χ0n) is 18.7. The van der Waals surface area contributed by atoms with Crippen LogP contribution in [-0.4, -0.2) is 0 Å². The smallest absolute Gasteiger partial charge is 0.0722 e. The highest BCUT2D eigenvalue weighted by Crippen LogP contribution is 2.63. The van der Waals surface area contributed by atoms with Gasteiger partial charge < -0.3 is 5.32 Å². The van der Waals surface area contributed by atoms with Crippen LogP contribution in [0.5, 0.6) is 0 Å². The Hall–Kier alpha value is -3.84. The van der Waals surface area contributed by atoms with Crippen molar-refractivity contribution in [2.75, 3.05) is 5.32 Å².